The molecule has 1 saturated heterocycles. The molecule has 0 radical (unpaired) electrons. The molecule has 1 aromatic carbocycles. The van der Waals surface area contributed by atoms with Gasteiger partial charge >= 0.3 is 0 Å². The van der Waals surface area contributed by atoms with Crippen LogP contribution in [0.5, 0.6) is 5.75 Å². The van der Waals surface area contributed by atoms with Gasteiger partial charge in [-0.1, -0.05) is 6.07 Å². The van der Waals surface area contributed by atoms with Gasteiger partial charge in [0.1, 0.15) is 5.75 Å². The number of likely N-dealkylation sites (N-methyl/N-ethyl adjacent to an activating group) is 1. The normalized spacial score (nSPS) is 23.1. The number of nitrogens with zero attached hydrogens (tertiary/aromatic N) is 1. The molecule has 0 unspecified atom stereocenters. The zero-order chi connectivity index (χ0) is 13.3. The second-order valence-electron chi connectivity index (χ2n) is 4.66. The average molecular weight is 250 g/mol. The highest BCUT2D eigenvalue weighted by Crippen LogP contribution is 2.22. The summed E-state index contributed by atoms with van der Waals surface area (Å²) in [7, 11) is 1.67. The lowest BCUT2D eigenvalue weighted by Crippen LogP contribution is -2.44. The zero-order valence-corrected chi connectivity index (χ0v) is 10.6. The van der Waals surface area contributed by atoms with Crippen LogP contribution >= 0.6 is 0 Å². The fraction of sp³-hybridized carbons (Fsp3) is 0.462. The van der Waals surface area contributed by atoms with E-state index in [1.54, 1.807) is 32.2 Å². The van der Waals surface area contributed by atoms with Gasteiger partial charge in [0.2, 0.25) is 0 Å². The summed E-state index contributed by atoms with van der Waals surface area (Å²) in [4.78, 5) is 13.9. The molecule has 18 heavy (non-hydrogen) atoms. The fourth-order valence-corrected chi connectivity index (χ4v) is 2.24. The van der Waals surface area contributed by atoms with Gasteiger partial charge in [0.25, 0.3) is 5.91 Å². The molecule has 0 spiro atoms. The molecule has 0 bridgehead atoms. The van der Waals surface area contributed by atoms with Gasteiger partial charge in [-0.15, -0.1) is 0 Å². The number of aromatic hydroxyl groups is 1. The van der Waals surface area contributed by atoms with Crippen LogP contribution in [0.1, 0.15) is 15.9 Å². The number of aliphatic hydroxyl groups is 1. The van der Waals surface area contributed by atoms with E-state index in [0.29, 0.717) is 24.2 Å². The van der Waals surface area contributed by atoms with Gasteiger partial charge in [-0.3, -0.25) is 4.79 Å². The molecule has 5 heteroatoms. The van der Waals surface area contributed by atoms with E-state index in [4.69, 9.17) is 0 Å². The number of rotatable bonds is 2. The lowest BCUT2D eigenvalue weighted by atomic mass is 10.1. The topological polar surface area (TPSA) is 72.8 Å². The van der Waals surface area contributed by atoms with E-state index < -0.39 is 6.10 Å². The number of hydrogen-bond donors (Lipinski definition) is 3. The van der Waals surface area contributed by atoms with Gasteiger partial charge in [-0.2, -0.15) is 0 Å². The number of nitrogens with one attached hydrogen (secondary N) is 1. The van der Waals surface area contributed by atoms with E-state index in [1.165, 1.54) is 4.90 Å². The Labute approximate surface area is 106 Å². The molecular weight excluding hydrogens is 232 g/mol. The Balaban J connectivity index is 2.23. The molecule has 1 aliphatic heterocycles. The van der Waals surface area contributed by atoms with E-state index in [2.05, 4.69) is 5.32 Å². The maximum absolute atomic E-state index is 12.3. The SMILES string of the molecule is Cc1c(O)cccc1C(=O)N(C)[C@H]1CNC[C@@H]1O. The Morgan fingerprint density at radius 2 is 2.17 bits per heavy atom. The van der Waals surface area contributed by atoms with Crippen molar-refractivity contribution in [1.82, 2.24) is 10.2 Å². The van der Waals surface area contributed by atoms with Crippen LogP contribution in [0.25, 0.3) is 0 Å². The number of phenols is 1. The lowest BCUT2D eigenvalue weighted by molar-refractivity contribution is 0.0580. The molecule has 1 amide bonds. The molecule has 1 aliphatic rings. The Morgan fingerprint density at radius 3 is 2.78 bits per heavy atom. The third kappa shape index (κ3) is 2.19. The molecule has 0 aromatic heterocycles. The molecule has 2 atom stereocenters. The molecule has 1 heterocycles. The summed E-state index contributed by atoms with van der Waals surface area (Å²) in [5.74, 6) is -0.0736. The number of carbonyl (C=O) groups excluding carboxylic acids is 1. The molecule has 1 fully saturated rings. The first-order valence-corrected chi connectivity index (χ1v) is 5.97. The summed E-state index contributed by atoms with van der Waals surface area (Å²) in [6, 6.07) is 4.66. The Morgan fingerprint density at radius 1 is 1.44 bits per heavy atom. The standard InChI is InChI=1S/C13H18N2O3/c1-8-9(4-3-5-11(8)16)13(18)15(2)10-6-14-7-12(10)17/h3-5,10,12,14,16-17H,6-7H2,1-2H3/t10-,12-/m0/s1. The molecule has 98 valence electrons. The van der Waals surface area contributed by atoms with Crippen molar-refractivity contribution >= 4 is 5.91 Å². The maximum Gasteiger partial charge on any atom is 0.254 e. The highest BCUT2D eigenvalue weighted by atomic mass is 16.3. The van der Waals surface area contributed by atoms with E-state index in [0.717, 1.165) is 0 Å². The Bertz CT molecular complexity index is 462. The first-order valence-electron chi connectivity index (χ1n) is 5.97. The second kappa shape index (κ2) is 4.96. The number of benzene rings is 1. The number of hydrogen-bond acceptors (Lipinski definition) is 4. The molecular formula is C13H18N2O3. The van der Waals surface area contributed by atoms with Crippen molar-refractivity contribution in [3.8, 4) is 5.75 Å². The number of carbonyl (C=O) groups is 1. The first kappa shape index (κ1) is 12.9. The second-order valence-corrected chi connectivity index (χ2v) is 4.66. The quantitative estimate of drug-likeness (QED) is 0.696. The van der Waals surface area contributed by atoms with Gasteiger partial charge in [0.15, 0.2) is 0 Å². The van der Waals surface area contributed by atoms with Crippen LogP contribution in [0.2, 0.25) is 0 Å². The molecule has 0 aliphatic carbocycles. The van der Waals surface area contributed by atoms with Gasteiger partial charge in [-0.05, 0) is 19.1 Å². The zero-order valence-electron chi connectivity index (χ0n) is 10.6. The van der Waals surface area contributed by atoms with Gasteiger partial charge in [-0.25, -0.2) is 0 Å². The van der Waals surface area contributed by atoms with E-state index in [1.807, 2.05) is 0 Å². The summed E-state index contributed by atoms with van der Waals surface area (Å²) in [5, 5.41) is 22.4. The lowest BCUT2D eigenvalue weighted by Gasteiger charge is -2.27. The minimum absolute atomic E-state index is 0.111. The molecule has 2 rings (SSSR count). The third-order valence-corrected chi connectivity index (χ3v) is 3.50. The van der Waals surface area contributed by atoms with Crippen LogP contribution < -0.4 is 5.32 Å². The van der Waals surface area contributed by atoms with Crippen LogP contribution in [0.3, 0.4) is 0 Å². The number of amides is 1. The summed E-state index contributed by atoms with van der Waals surface area (Å²) < 4.78 is 0. The van der Waals surface area contributed by atoms with Crippen molar-refractivity contribution in [2.45, 2.75) is 19.1 Å². The van der Waals surface area contributed by atoms with Crippen molar-refractivity contribution in [2.24, 2.45) is 0 Å². The smallest absolute Gasteiger partial charge is 0.254 e. The third-order valence-electron chi connectivity index (χ3n) is 3.50. The Kier molecular flexibility index (Phi) is 3.54. The summed E-state index contributed by atoms with van der Waals surface area (Å²) in [5.41, 5.74) is 1.03. The van der Waals surface area contributed by atoms with Crippen molar-refractivity contribution in [3.63, 3.8) is 0 Å². The van der Waals surface area contributed by atoms with Gasteiger partial charge in [0.05, 0.1) is 12.1 Å². The largest absolute Gasteiger partial charge is 0.508 e. The number of phenolic OH excluding ortho intramolecular Hbond substituents is 1. The number of β-amino-alcohol motifs (C(OH)–C–C–N with tert-alkyl or cyclic N) is 1. The average Bonchev–Trinajstić information content (AvgIpc) is 2.77. The molecule has 5 nitrogen and oxygen atoms in total. The summed E-state index contributed by atoms with van der Waals surface area (Å²) in [6.45, 7) is 2.79. The highest BCUT2D eigenvalue weighted by Gasteiger charge is 2.32. The van der Waals surface area contributed by atoms with Crippen LogP contribution in [0, 0.1) is 6.92 Å². The van der Waals surface area contributed by atoms with Crippen molar-refractivity contribution in [3.05, 3.63) is 29.3 Å². The predicted molar refractivity (Wildman–Crippen MR) is 67.6 cm³/mol. The molecule has 1 aromatic rings. The first-order chi connectivity index (χ1) is 8.52. The van der Waals surface area contributed by atoms with E-state index in [9.17, 15) is 15.0 Å². The number of aliphatic hydroxyl groups excluding tert-OH is 1. The van der Waals surface area contributed by atoms with Crippen molar-refractivity contribution in [1.29, 1.82) is 0 Å². The van der Waals surface area contributed by atoms with Gasteiger partial charge < -0.3 is 20.4 Å². The predicted octanol–water partition coefficient (Wildman–Crippen LogP) is 0.105. The van der Waals surface area contributed by atoms with Crippen LogP contribution in [-0.4, -0.2) is 53.3 Å². The van der Waals surface area contributed by atoms with Crippen molar-refractivity contribution < 1.29 is 15.0 Å². The van der Waals surface area contributed by atoms with Crippen LogP contribution in [0.4, 0.5) is 0 Å². The van der Waals surface area contributed by atoms with E-state index >= 15 is 0 Å². The minimum atomic E-state index is -0.545. The highest BCUT2D eigenvalue weighted by molar-refractivity contribution is 5.96. The molecule has 0 saturated carbocycles. The maximum atomic E-state index is 12.3. The van der Waals surface area contributed by atoms with Gasteiger partial charge in [0, 0.05) is 31.3 Å². The molecule has 3 N–H and O–H groups in total. The Hall–Kier alpha value is -1.59. The van der Waals surface area contributed by atoms with Crippen molar-refractivity contribution in [2.75, 3.05) is 20.1 Å². The van der Waals surface area contributed by atoms with Crippen LogP contribution in [-0.2, 0) is 0 Å². The minimum Gasteiger partial charge on any atom is -0.508 e. The summed E-state index contributed by atoms with van der Waals surface area (Å²) in [6.07, 6.45) is -0.545. The fourth-order valence-electron chi connectivity index (χ4n) is 2.24. The van der Waals surface area contributed by atoms with Crippen LogP contribution in [0.15, 0.2) is 18.2 Å². The van der Waals surface area contributed by atoms with E-state index in [-0.39, 0.29) is 17.7 Å². The monoisotopic (exact) mass is 250 g/mol. The summed E-state index contributed by atoms with van der Waals surface area (Å²) >= 11 is 0.